The van der Waals surface area contributed by atoms with Gasteiger partial charge in [-0.1, -0.05) is 43.5 Å². The number of nitrogens with one attached hydrogen (secondary N) is 3. The van der Waals surface area contributed by atoms with Crippen molar-refractivity contribution in [3.05, 3.63) is 47.5 Å². The second-order valence-electron chi connectivity index (χ2n) is 7.32. The maximum atomic E-state index is 11.4. The van der Waals surface area contributed by atoms with Crippen molar-refractivity contribution >= 4 is 5.91 Å². The van der Waals surface area contributed by atoms with Crippen molar-refractivity contribution in [2.75, 3.05) is 20.6 Å². The Kier molecular flexibility index (Phi) is 12.5. The topological polar surface area (TPSA) is 53.2 Å². The lowest BCUT2D eigenvalue weighted by Crippen LogP contribution is -2.29. The molecule has 0 aliphatic heterocycles. The van der Waals surface area contributed by atoms with Crippen molar-refractivity contribution in [1.82, 2.24) is 16.0 Å². The normalized spacial score (nSPS) is 12.0. The third kappa shape index (κ3) is 10.3. The zero-order valence-electron chi connectivity index (χ0n) is 17.6. The van der Waals surface area contributed by atoms with Gasteiger partial charge in [0, 0.05) is 26.1 Å². The van der Waals surface area contributed by atoms with Crippen molar-refractivity contribution < 1.29 is 4.79 Å². The van der Waals surface area contributed by atoms with Gasteiger partial charge in [0.15, 0.2) is 0 Å². The summed E-state index contributed by atoms with van der Waals surface area (Å²) in [5.74, 6) is 0.0767. The van der Waals surface area contributed by atoms with Crippen LogP contribution in [-0.4, -0.2) is 32.6 Å². The van der Waals surface area contributed by atoms with Crippen LogP contribution in [0.5, 0.6) is 0 Å². The van der Waals surface area contributed by atoms with Crippen molar-refractivity contribution in [3.8, 4) is 0 Å². The smallest absolute Gasteiger partial charge is 0.219 e. The lowest BCUT2D eigenvalue weighted by molar-refractivity contribution is -0.120. The maximum absolute atomic E-state index is 11.4. The minimum absolute atomic E-state index is 0.0767. The monoisotopic (exact) mass is 373 g/mol. The van der Waals surface area contributed by atoms with E-state index in [4.69, 9.17) is 0 Å². The minimum Gasteiger partial charge on any atom is -0.359 e. The Hall–Kier alpha value is -1.65. The molecule has 0 saturated carbocycles. The van der Waals surface area contributed by atoms with Crippen LogP contribution in [-0.2, 0) is 17.8 Å². The van der Waals surface area contributed by atoms with Gasteiger partial charge in [-0.15, -0.1) is 6.58 Å². The molecule has 0 bridgehead atoms. The molecule has 1 atom stereocenters. The summed E-state index contributed by atoms with van der Waals surface area (Å²) < 4.78 is 0. The third-order valence-electron chi connectivity index (χ3n) is 5.11. The van der Waals surface area contributed by atoms with Crippen molar-refractivity contribution in [2.45, 2.75) is 70.9 Å². The van der Waals surface area contributed by atoms with E-state index in [0.717, 1.165) is 25.9 Å². The summed E-state index contributed by atoms with van der Waals surface area (Å²) >= 11 is 0. The van der Waals surface area contributed by atoms with Gasteiger partial charge in [-0.25, -0.2) is 0 Å². The Morgan fingerprint density at radius 1 is 1.15 bits per heavy atom. The molecule has 152 valence electrons. The molecular weight excluding hydrogens is 334 g/mol. The van der Waals surface area contributed by atoms with Gasteiger partial charge >= 0.3 is 0 Å². The van der Waals surface area contributed by atoms with Gasteiger partial charge in [0.2, 0.25) is 5.91 Å². The average Bonchev–Trinajstić information content (AvgIpc) is 2.69. The number of carbonyl (C=O) groups is 1. The van der Waals surface area contributed by atoms with Crippen LogP contribution in [0.25, 0.3) is 0 Å². The quantitative estimate of drug-likeness (QED) is 0.323. The highest BCUT2D eigenvalue weighted by molar-refractivity contribution is 5.75. The fraction of sp³-hybridized carbons (Fsp3) is 0.609. The van der Waals surface area contributed by atoms with E-state index in [1.807, 2.05) is 13.1 Å². The molecule has 1 unspecified atom stereocenters. The number of rotatable bonds is 15. The van der Waals surface area contributed by atoms with Crippen LogP contribution in [0.1, 0.15) is 61.6 Å². The minimum atomic E-state index is 0.0767. The van der Waals surface area contributed by atoms with E-state index < -0.39 is 0 Å². The number of hydrogen-bond acceptors (Lipinski definition) is 3. The van der Waals surface area contributed by atoms with Gasteiger partial charge in [0.25, 0.3) is 0 Å². The number of unbranched alkanes of at least 4 members (excludes halogenated alkanes) is 4. The molecule has 1 rings (SSSR count). The number of benzene rings is 1. The summed E-state index contributed by atoms with van der Waals surface area (Å²) in [7, 11) is 3.69. The second-order valence-corrected chi connectivity index (χ2v) is 7.32. The first-order chi connectivity index (χ1) is 13.1. The van der Waals surface area contributed by atoms with Crippen LogP contribution in [0.2, 0.25) is 0 Å². The summed E-state index contributed by atoms with van der Waals surface area (Å²) in [5.41, 5.74) is 4.08. The molecule has 1 aromatic rings. The van der Waals surface area contributed by atoms with Crippen LogP contribution in [0.4, 0.5) is 0 Å². The first-order valence-electron chi connectivity index (χ1n) is 10.4. The van der Waals surface area contributed by atoms with Crippen LogP contribution in [0.3, 0.4) is 0 Å². The Balaban J connectivity index is 2.41. The van der Waals surface area contributed by atoms with Crippen molar-refractivity contribution in [3.63, 3.8) is 0 Å². The molecule has 1 aromatic carbocycles. The van der Waals surface area contributed by atoms with Gasteiger partial charge in [0.05, 0.1) is 0 Å². The van der Waals surface area contributed by atoms with E-state index in [2.05, 4.69) is 47.7 Å². The molecule has 0 saturated heterocycles. The van der Waals surface area contributed by atoms with Crippen LogP contribution in [0, 0.1) is 6.92 Å². The third-order valence-corrected chi connectivity index (χ3v) is 5.11. The number of carbonyl (C=O) groups excluding carboxylic acids is 1. The number of aryl methyl sites for hydroxylation is 2. The fourth-order valence-corrected chi connectivity index (χ4v) is 3.19. The van der Waals surface area contributed by atoms with Crippen molar-refractivity contribution in [2.24, 2.45) is 0 Å². The highest BCUT2D eigenvalue weighted by Crippen LogP contribution is 2.15. The van der Waals surface area contributed by atoms with Crippen molar-refractivity contribution in [1.29, 1.82) is 0 Å². The fourth-order valence-electron chi connectivity index (χ4n) is 3.19. The predicted octanol–water partition coefficient (Wildman–Crippen LogP) is 3.88. The molecule has 0 heterocycles. The lowest BCUT2D eigenvalue weighted by atomic mass is 10.00. The Bertz CT molecular complexity index is 557. The highest BCUT2D eigenvalue weighted by Gasteiger charge is 2.08. The molecule has 3 N–H and O–H groups in total. The average molecular weight is 374 g/mol. The molecule has 27 heavy (non-hydrogen) atoms. The molecule has 0 aliphatic carbocycles. The van der Waals surface area contributed by atoms with Gasteiger partial charge < -0.3 is 16.0 Å². The van der Waals surface area contributed by atoms with Gasteiger partial charge in [-0.2, -0.15) is 0 Å². The molecular formula is C23H39N3O. The highest BCUT2D eigenvalue weighted by atomic mass is 16.1. The summed E-state index contributed by atoms with van der Waals surface area (Å²) in [6, 6.07) is 6.98. The standard InChI is InChI=1S/C23H39N3O/c1-5-22(14-15-23(27)25-4)26-18-21-17-20(13-12-19(21)2)11-9-7-6-8-10-16-24-3/h5,12-13,17,22,24,26H,1,6-11,14-16,18H2,2-4H3,(H,25,27). The van der Waals surface area contributed by atoms with E-state index in [0.29, 0.717) is 6.42 Å². The summed E-state index contributed by atoms with van der Waals surface area (Å²) in [4.78, 5) is 11.4. The summed E-state index contributed by atoms with van der Waals surface area (Å²) in [6.07, 6.45) is 10.8. The predicted molar refractivity (Wildman–Crippen MR) is 116 cm³/mol. The molecule has 0 aromatic heterocycles. The van der Waals surface area contributed by atoms with E-state index in [-0.39, 0.29) is 11.9 Å². The van der Waals surface area contributed by atoms with E-state index in [1.54, 1.807) is 7.05 Å². The van der Waals surface area contributed by atoms with Crippen LogP contribution in [0.15, 0.2) is 30.9 Å². The SMILES string of the molecule is C=CC(CCC(=O)NC)NCc1cc(CCCCCCCNC)ccc1C. The summed E-state index contributed by atoms with van der Waals surface area (Å²) in [5, 5.41) is 9.40. The first-order valence-corrected chi connectivity index (χ1v) is 10.4. The van der Waals surface area contributed by atoms with Crippen LogP contribution >= 0.6 is 0 Å². The number of hydrogen-bond donors (Lipinski definition) is 3. The lowest BCUT2D eigenvalue weighted by Gasteiger charge is -2.16. The Morgan fingerprint density at radius 3 is 2.59 bits per heavy atom. The Morgan fingerprint density at radius 2 is 1.89 bits per heavy atom. The molecule has 0 aliphatic rings. The van der Waals surface area contributed by atoms with Gasteiger partial charge in [-0.05, 0) is 62.9 Å². The second kappa shape index (κ2) is 14.4. The molecule has 0 radical (unpaired) electrons. The summed E-state index contributed by atoms with van der Waals surface area (Å²) in [6.45, 7) is 8.00. The zero-order chi connectivity index (χ0) is 19.9. The molecule has 0 fully saturated rings. The first kappa shape index (κ1) is 23.4. The molecule has 1 amide bonds. The zero-order valence-corrected chi connectivity index (χ0v) is 17.6. The molecule has 4 heteroatoms. The largest absolute Gasteiger partial charge is 0.359 e. The van der Waals surface area contributed by atoms with E-state index >= 15 is 0 Å². The van der Waals surface area contributed by atoms with E-state index in [1.165, 1.54) is 48.8 Å². The number of amides is 1. The molecule has 0 spiro atoms. The maximum Gasteiger partial charge on any atom is 0.219 e. The van der Waals surface area contributed by atoms with Crippen LogP contribution < -0.4 is 16.0 Å². The van der Waals surface area contributed by atoms with Gasteiger partial charge in [-0.3, -0.25) is 4.79 Å². The molecule has 4 nitrogen and oxygen atoms in total. The van der Waals surface area contributed by atoms with Gasteiger partial charge in [0.1, 0.15) is 0 Å². The van der Waals surface area contributed by atoms with E-state index in [9.17, 15) is 4.79 Å². The Labute approximate surface area is 166 Å².